The fourth-order valence-electron chi connectivity index (χ4n) is 3.27. The van der Waals surface area contributed by atoms with E-state index in [0.717, 1.165) is 0 Å². The number of hydrogen-bond acceptors (Lipinski definition) is 6. The molecule has 8 heteroatoms. The van der Waals surface area contributed by atoms with E-state index in [1.54, 1.807) is 37.3 Å². The standard InChI is InChI=1S/C18H19NO6S/c1-3-25-17(20)13-11-16(26(22,23)12-7-5-4-6-8-12)15-10-9-14(13)19(15)18(21)24-2/h4-11,14-16H,3H2,1-2H3/t14-,15+,16+/m1/s1. The normalized spacial score (nSPS) is 24.2. The van der Waals surface area contributed by atoms with Crippen molar-refractivity contribution < 1.29 is 27.5 Å². The lowest BCUT2D eigenvalue weighted by Crippen LogP contribution is -2.53. The van der Waals surface area contributed by atoms with E-state index in [4.69, 9.17) is 9.47 Å². The SMILES string of the molecule is CCOC(=O)C1=C[C@H](S(=O)(=O)c2ccccc2)[C@@H]2C=C[C@H]1N2C(=O)OC. The molecule has 138 valence electrons. The monoisotopic (exact) mass is 377 g/mol. The summed E-state index contributed by atoms with van der Waals surface area (Å²) in [6.45, 7) is 1.80. The van der Waals surface area contributed by atoms with Gasteiger partial charge in [0.1, 0.15) is 5.25 Å². The molecule has 2 bridgehead atoms. The first kappa shape index (κ1) is 18.2. The Morgan fingerprint density at radius 3 is 2.46 bits per heavy atom. The zero-order valence-corrected chi connectivity index (χ0v) is 15.2. The molecule has 3 rings (SSSR count). The molecule has 0 fully saturated rings. The zero-order chi connectivity index (χ0) is 18.9. The largest absolute Gasteiger partial charge is 0.463 e. The first-order valence-corrected chi connectivity index (χ1v) is 9.68. The lowest BCUT2D eigenvalue weighted by Gasteiger charge is -2.37. The minimum Gasteiger partial charge on any atom is -0.463 e. The van der Waals surface area contributed by atoms with Gasteiger partial charge in [0.05, 0.1) is 36.3 Å². The van der Waals surface area contributed by atoms with E-state index >= 15 is 0 Å². The highest BCUT2D eigenvalue weighted by molar-refractivity contribution is 7.92. The van der Waals surface area contributed by atoms with Crippen molar-refractivity contribution in [1.29, 1.82) is 0 Å². The lowest BCUT2D eigenvalue weighted by molar-refractivity contribution is -0.139. The average molecular weight is 377 g/mol. The number of hydrogen-bond donors (Lipinski definition) is 0. The van der Waals surface area contributed by atoms with Crippen LogP contribution in [0.5, 0.6) is 0 Å². The van der Waals surface area contributed by atoms with Gasteiger partial charge in [-0.3, -0.25) is 4.90 Å². The Morgan fingerprint density at radius 2 is 1.85 bits per heavy atom. The van der Waals surface area contributed by atoms with Crippen molar-refractivity contribution >= 4 is 21.9 Å². The Kier molecular flexibility index (Phi) is 4.86. The van der Waals surface area contributed by atoms with Gasteiger partial charge in [-0.2, -0.15) is 0 Å². The Labute approximate surface area is 151 Å². The molecule has 2 aliphatic heterocycles. The molecule has 1 amide bonds. The van der Waals surface area contributed by atoms with E-state index in [2.05, 4.69) is 0 Å². The van der Waals surface area contributed by atoms with Crippen LogP contribution >= 0.6 is 0 Å². The number of carbonyl (C=O) groups is 2. The molecule has 3 atom stereocenters. The van der Waals surface area contributed by atoms with Gasteiger partial charge in [-0.15, -0.1) is 0 Å². The molecule has 0 N–H and O–H groups in total. The number of esters is 1. The van der Waals surface area contributed by atoms with Gasteiger partial charge >= 0.3 is 12.1 Å². The molecule has 26 heavy (non-hydrogen) atoms. The molecule has 7 nitrogen and oxygen atoms in total. The van der Waals surface area contributed by atoms with E-state index in [1.807, 2.05) is 0 Å². The third kappa shape index (κ3) is 2.90. The Bertz CT molecular complexity index is 874. The predicted octanol–water partition coefficient (Wildman–Crippen LogP) is 1.71. The van der Waals surface area contributed by atoms with E-state index in [9.17, 15) is 18.0 Å². The van der Waals surface area contributed by atoms with E-state index in [-0.39, 0.29) is 17.1 Å². The summed E-state index contributed by atoms with van der Waals surface area (Å²) in [5.41, 5.74) is 0.117. The predicted molar refractivity (Wildman–Crippen MR) is 93.1 cm³/mol. The second-order valence-corrected chi connectivity index (χ2v) is 7.97. The van der Waals surface area contributed by atoms with Crippen molar-refractivity contribution in [2.24, 2.45) is 0 Å². The van der Waals surface area contributed by atoms with Crippen molar-refractivity contribution in [3.63, 3.8) is 0 Å². The highest BCUT2D eigenvalue weighted by Gasteiger charge is 2.49. The quantitative estimate of drug-likeness (QED) is 0.586. The highest BCUT2D eigenvalue weighted by Crippen LogP contribution is 2.36. The fourth-order valence-corrected chi connectivity index (χ4v) is 5.04. The zero-order valence-electron chi connectivity index (χ0n) is 14.4. The summed E-state index contributed by atoms with van der Waals surface area (Å²) < 4.78 is 36.1. The van der Waals surface area contributed by atoms with Crippen LogP contribution in [0.25, 0.3) is 0 Å². The summed E-state index contributed by atoms with van der Waals surface area (Å²) in [5.74, 6) is -0.648. The van der Waals surface area contributed by atoms with Gasteiger partial charge in [0, 0.05) is 0 Å². The lowest BCUT2D eigenvalue weighted by atomic mass is 10.0. The summed E-state index contributed by atoms with van der Waals surface area (Å²) in [6.07, 6.45) is 3.95. The number of ether oxygens (including phenoxy) is 2. The van der Waals surface area contributed by atoms with Gasteiger partial charge in [0.15, 0.2) is 9.84 Å². The van der Waals surface area contributed by atoms with Crippen LogP contribution in [0.2, 0.25) is 0 Å². The van der Waals surface area contributed by atoms with Crippen molar-refractivity contribution in [2.45, 2.75) is 29.2 Å². The van der Waals surface area contributed by atoms with Crippen LogP contribution in [0, 0.1) is 0 Å². The third-order valence-electron chi connectivity index (χ3n) is 4.44. The molecule has 2 heterocycles. The van der Waals surface area contributed by atoms with Crippen LogP contribution in [0.15, 0.2) is 59.0 Å². The summed E-state index contributed by atoms with van der Waals surface area (Å²) in [7, 11) is -2.62. The highest BCUT2D eigenvalue weighted by atomic mass is 32.2. The molecule has 0 aromatic heterocycles. The maximum Gasteiger partial charge on any atom is 0.410 e. The first-order valence-electron chi connectivity index (χ1n) is 8.14. The number of rotatable bonds is 4. The van der Waals surface area contributed by atoms with Crippen LogP contribution < -0.4 is 0 Å². The van der Waals surface area contributed by atoms with Crippen molar-refractivity contribution in [3.05, 3.63) is 54.1 Å². The number of fused-ring (bicyclic) bond motifs is 2. The molecule has 1 aromatic rings. The molecule has 0 spiro atoms. The molecule has 0 unspecified atom stereocenters. The van der Waals surface area contributed by atoms with Gasteiger partial charge in [0.2, 0.25) is 0 Å². The molecular formula is C18H19NO6S. The molecule has 2 aliphatic rings. The first-order chi connectivity index (χ1) is 12.4. The van der Waals surface area contributed by atoms with Crippen LogP contribution in [0.4, 0.5) is 4.79 Å². The van der Waals surface area contributed by atoms with Gasteiger partial charge < -0.3 is 9.47 Å². The average Bonchev–Trinajstić information content (AvgIpc) is 2.97. The van der Waals surface area contributed by atoms with E-state index < -0.39 is 39.2 Å². The van der Waals surface area contributed by atoms with E-state index in [0.29, 0.717) is 0 Å². The molecule has 1 aromatic carbocycles. The number of carbonyl (C=O) groups excluding carboxylic acids is 2. The number of nitrogens with zero attached hydrogens (tertiary/aromatic N) is 1. The summed E-state index contributed by atoms with van der Waals surface area (Å²) >= 11 is 0. The number of amides is 1. The van der Waals surface area contributed by atoms with Crippen LogP contribution in [0.1, 0.15) is 6.92 Å². The van der Waals surface area contributed by atoms with Crippen LogP contribution in [-0.4, -0.2) is 56.4 Å². The Hall–Kier alpha value is -2.61. The molecule has 0 aliphatic carbocycles. The summed E-state index contributed by atoms with van der Waals surface area (Å²) in [4.78, 5) is 26.0. The summed E-state index contributed by atoms with van der Waals surface area (Å²) in [5, 5.41) is -1.11. The third-order valence-corrected chi connectivity index (χ3v) is 6.50. The molecular weight excluding hydrogens is 358 g/mol. The second kappa shape index (κ2) is 6.95. The van der Waals surface area contributed by atoms with Gasteiger partial charge in [0.25, 0.3) is 0 Å². The van der Waals surface area contributed by atoms with Crippen molar-refractivity contribution in [3.8, 4) is 0 Å². The second-order valence-electron chi connectivity index (χ2n) is 5.86. The number of methoxy groups -OCH3 is 1. The maximum atomic E-state index is 13.1. The van der Waals surface area contributed by atoms with Crippen molar-refractivity contribution in [2.75, 3.05) is 13.7 Å². The van der Waals surface area contributed by atoms with Gasteiger partial charge in [-0.05, 0) is 19.1 Å². The molecule has 0 radical (unpaired) electrons. The van der Waals surface area contributed by atoms with Gasteiger partial charge in [-0.1, -0.05) is 36.4 Å². The minimum atomic E-state index is -3.84. The number of sulfone groups is 1. The fraction of sp³-hybridized carbons (Fsp3) is 0.333. The minimum absolute atomic E-state index is 0.117. The Balaban J connectivity index is 2.11. The molecule has 0 saturated carbocycles. The van der Waals surface area contributed by atoms with Gasteiger partial charge in [-0.25, -0.2) is 18.0 Å². The molecule has 0 saturated heterocycles. The van der Waals surface area contributed by atoms with Crippen LogP contribution in [0.3, 0.4) is 0 Å². The maximum absolute atomic E-state index is 13.1. The topological polar surface area (TPSA) is 90.0 Å². The van der Waals surface area contributed by atoms with E-state index in [1.165, 1.54) is 30.2 Å². The van der Waals surface area contributed by atoms with Crippen molar-refractivity contribution in [1.82, 2.24) is 4.90 Å². The smallest absolute Gasteiger partial charge is 0.410 e. The number of benzene rings is 1. The Morgan fingerprint density at radius 1 is 1.15 bits per heavy atom. The summed E-state index contributed by atoms with van der Waals surface area (Å²) in [6, 6.07) is 6.48. The van der Waals surface area contributed by atoms with Crippen LogP contribution in [-0.2, 0) is 24.1 Å².